The lowest BCUT2D eigenvalue weighted by Crippen LogP contribution is -2.27. The largest absolute Gasteiger partial charge is 0.343 e. The molecule has 1 unspecified atom stereocenters. The molecule has 0 aliphatic carbocycles. The van der Waals surface area contributed by atoms with Crippen molar-refractivity contribution in [1.82, 2.24) is 20.1 Å². The van der Waals surface area contributed by atoms with Gasteiger partial charge in [-0.1, -0.05) is 29.8 Å². The maximum Gasteiger partial charge on any atom is 0.272 e. The molecule has 32 heavy (non-hydrogen) atoms. The van der Waals surface area contributed by atoms with Crippen molar-refractivity contribution in [1.29, 1.82) is 0 Å². The van der Waals surface area contributed by atoms with E-state index in [2.05, 4.69) is 27.5 Å². The number of benzene rings is 2. The molecule has 9 heteroatoms. The fourth-order valence-electron chi connectivity index (χ4n) is 3.28. The Morgan fingerprint density at radius 1 is 1.09 bits per heavy atom. The summed E-state index contributed by atoms with van der Waals surface area (Å²) < 4.78 is 1.51. The van der Waals surface area contributed by atoms with Crippen molar-refractivity contribution >= 4 is 22.9 Å². The van der Waals surface area contributed by atoms with E-state index in [0.29, 0.717) is 5.69 Å². The number of hydrogen-bond donors (Lipinski definition) is 1. The molecule has 4 rings (SSSR count). The summed E-state index contributed by atoms with van der Waals surface area (Å²) in [4.78, 5) is 28.8. The Kier molecular flexibility index (Phi) is 5.83. The monoisotopic (exact) mass is 447 g/mol. The van der Waals surface area contributed by atoms with Crippen LogP contribution in [0.3, 0.4) is 0 Å². The minimum atomic E-state index is -0.460. The second-order valence-electron chi connectivity index (χ2n) is 7.45. The third kappa shape index (κ3) is 4.42. The van der Waals surface area contributed by atoms with Gasteiger partial charge in [0.2, 0.25) is 0 Å². The summed E-state index contributed by atoms with van der Waals surface area (Å²) >= 11 is 1.56. The predicted molar refractivity (Wildman–Crippen MR) is 123 cm³/mol. The predicted octanol–water partition coefficient (Wildman–Crippen LogP) is 5.01. The molecule has 0 saturated carbocycles. The second kappa shape index (κ2) is 8.72. The van der Waals surface area contributed by atoms with Crippen molar-refractivity contribution in [2.75, 3.05) is 0 Å². The molecule has 1 amide bonds. The SMILES string of the molecule is Cc1ccc(-c2nc(C)c(C(C)NC(=O)c3ccn(-c4ccc([N+](=O)[O-])cc4)n3)s2)cc1. The maximum atomic E-state index is 12.8. The molecular weight excluding hydrogens is 426 g/mol. The number of non-ortho nitro benzene ring substituents is 1. The van der Waals surface area contributed by atoms with Crippen LogP contribution in [0.4, 0.5) is 5.69 Å². The molecule has 162 valence electrons. The van der Waals surface area contributed by atoms with Crippen LogP contribution in [0.2, 0.25) is 0 Å². The third-order valence-electron chi connectivity index (χ3n) is 5.02. The van der Waals surface area contributed by atoms with E-state index < -0.39 is 4.92 Å². The molecule has 0 radical (unpaired) electrons. The van der Waals surface area contributed by atoms with Gasteiger partial charge in [0.1, 0.15) is 5.01 Å². The van der Waals surface area contributed by atoms with Gasteiger partial charge >= 0.3 is 0 Å². The van der Waals surface area contributed by atoms with Crippen LogP contribution in [0.5, 0.6) is 0 Å². The molecule has 2 aromatic carbocycles. The standard InChI is InChI=1S/C23H21N5O3S/c1-14-4-6-17(7-5-14)23-25-16(3)21(32-23)15(2)24-22(29)20-12-13-27(26-20)18-8-10-19(11-9-18)28(30)31/h4-13,15H,1-3H3,(H,24,29). The highest BCUT2D eigenvalue weighted by Gasteiger charge is 2.19. The van der Waals surface area contributed by atoms with Crippen LogP contribution < -0.4 is 5.32 Å². The van der Waals surface area contributed by atoms with Gasteiger partial charge in [0.25, 0.3) is 11.6 Å². The molecule has 0 saturated heterocycles. The number of carbonyl (C=O) groups excluding carboxylic acids is 1. The topological polar surface area (TPSA) is 103 Å². The van der Waals surface area contributed by atoms with E-state index in [-0.39, 0.29) is 23.3 Å². The van der Waals surface area contributed by atoms with Crippen LogP contribution in [-0.4, -0.2) is 25.6 Å². The van der Waals surface area contributed by atoms with Gasteiger partial charge in [-0.3, -0.25) is 14.9 Å². The summed E-state index contributed by atoms with van der Waals surface area (Å²) in [5.41, 5.74) is 4.01. The number of nitrogens with one attached hydrogen (secondary N) is 1. The van der Waals surface area contributed by atoms with Crippen molar-refractivity contribution in [2.45, 2.75) is 26.8 Å². The highest BCUT2D eigenvalue weighted by atomic mass is 32.1. The van der Waals surface area contributed by atoms with Crippen molar-refractivity contribution in [3.63, 3.8) is 0 Å². The molecule has 1 N–H and O–H groups in total. The second-order valence-corrected chi connectivity index (χ2v) is 8.48. The van der Waals surface area contributed by atoms with Gasteiger partial charge in [0.15, 0.2) is 5.69 Å². The van der Waals surface area contributed by atoms with E-state index in [4.69, 9.17) is 0 Å². The Bertz CT molecular complexity index is 1280. The van der Waals surface area contributed by atoms with E-state index in [0.717, 1.165) is 21.1 Å². The number of aromatic nitrogens is 3. The van der Waals surface area contributed by atoms with E-state index in [1.54, 1.807) is 35.7 Å². The maximum absolute atomic E-state index is 12.8. The van der Waals surface area contributed by atoms with Crippen molar-refractivity contribution in [3.8, 4) is 16.3 Å². The molecular formula is C23H21N5O3S. The first-order valence-corrected chi connectivity index (χ1v) is 10.8. The number of rotatable bonds is 6. The van der Waals surface area contributed by atoms with E-state index in [1.807, 2.05) is 32.9 Å². The zero-order valence-corrected chi connectivity index (χ0v) is 18.6. The van der Waals surface area contributed by atoms with E-state index in [1.165, 1.54) is 22.4 Å². The molecule has 4 aromatic rings. The summed E-state index contributed by atoms with van der Waals surface area (Å²) in [5, 5.41) is 19.0. The number of thiazole rings is 1. The highest BCUT2D eigenvalue weighted by molar-refractivity contribution is 7.15. The zero-order chi connectivity index (χ0) is 22.8. The summed E-state index contributed by atoms with van der Waals surface area (Å²) in [7, 11) is 0. The number of nitro groups is 1. The number of nitro benzene ring substituents is 1. The number of amides is 1. The van der Waals surface area contributed by atoms with Gasteiger partial charge in [0.05, 0.1) is 27.2 Å². The van der Waals surface area contributed by atoms with Gasteiger partial charge in [0, 0.05) is 23.9 Å². The van der Waals surface area contributed by atoms with Crippen molar-refractivity contribution < 1.29 is 9.72 Å². The first kappa shape index (κ1) is 21.4. The average Bonchev–Trinajstić information content (AvgIpc) is 3.42. The molecule has 2 aromatic heterocycles. The van der Waals surface area contributed by atoms with Crippen LogP contribution in [0.15, 0.2) is 60.8 Å². The fourth-order valence-corrected chi connectivity index (χ4v) is 4.36. The summed E-state index contributed by atoms with van der Waals surface area (Å²) in [5.74, 6) is -0.303. The Morgan fingerprint density at radius 3 is 2.44 bits per heavy atom. The van der Waals surface area contributed by atoms with Gasteiger partial charge in [-0.15, -0.1) is 11.3 Å². The Morgan fingerprint density at radius 2 is 1.78 bits per heavy atom. The van der Waals surface area contributed by atoms with Crippen LogP contribution in [0.25, 0.3) is 16.3 Å². The molecule has 0 aliphatic rings. The lowest BCUT2D eigenvalue weighted by Gasteiger charge is -2.11. The normalized spacial score (nSPS) is 11.8. The highest BCUT2D eigenvalue weighted by Crippen LogP contribution is 2.32. The van der Waals surface area contributed by atoms with Gasteiger partial charge in [-0.25, -0.2) is 9.67 Å². The summed E-state index contributed by atoms with van der Waals surface area (Å²) in [6.45, 7) is 5.91. The van der Waals surface area contributed by atoms with Crippen LogP contribution >= 0.6 is 11.3 Å². The molecule has 0 fully saturated rings. The van der Waals surface area contributed by atoms with Crippen LogP contribution in [0, 0.1) is 24.0 Å². The van der Waals surface area contributed by atoms with Gasteiger partial charge in [-0.05, 0) is 39.0 Å². The quantitative estimate of drug-likeness (QED) is 0.330. The average molecular weight is 448 g/mol. The lowest BCUT2D eigenvalue weighted by atomic mass is 10.2. The number of aryl methyl sites for hydroxylation is 2. The fraction of sp³-hybridized carbons (Fsp3) is 0.174. The number of hydrogen-bond acceptors (Lipinski definition) is 6. The van der Waals surface area contributed by atoms with Gasteiger partial charge in [-0.2, -0.15) is 5.10 Å². The Hall–Kier alpha value is -3.85. The molecule has 0 bridgehead atoms. The molecule has 1 atom stereocenters. The number of carbonyl (C=O) groups is 1. The lowest BCUT2D eigenvalue weighted by molar-refractivity contribution is -0.384. The Balaban J connectivity index is 1.47. The van der Waals surface area contributed by atoms with E-state index >= 15 is 0 Å². The Labute approximate surface area is 188 Å². The first-order valence-electron chi connectivity index (χ1n) is 9.97. The molecule has 0 spiro atoms. The van der Waals surface area contributed by atoms with Gasteiger partial charge < -0.3 is 5.32 Å². The smallest absolute Gasteiger partial charge is 0.272 e. The van der Waals surface area contributed by atoms with Crippen molar-refractivity contribution in [2.24, 2.45) is 0 Å². The molecule has 8 nitrogen and oxygen atoms in total. The number of nitrogens with zero attached hydrogens (tertiary/aromatic N) is 4. The van der Waals surface area contributed by atoms with Crippen LogP contribution in [0.1, 0.15) is 39.6 Å². The molecule has 0 aliphatic heterocycles. The van der Waals surface area contributed by atoms with E-state index in [9.17, 15) is 14.9 Å². The van der Waals surface area contributed by atoms with Crippen LogP contribution in [-0.2, 0) is 0 Å². The third-order valence-corrected chi connectivity index (χ3v) is 6.41. The zero-order valence-electron chi connectivity index (χ0n) is 17.8. The van der Waals surface area contributed by atoms with Crippen molar-refractivity contribution in [3.05, 3.63) is 92.7 Å². The summed E-state index contributed by atoms with van der Waals surface area (Å²) in [6, 6.07) is 15.6. The summed E-state index contributed by atoms with van der Waals surface area (Å²) in [6.07, 6.45) is 1.65. The minimum Gasteiger partial charge on any atom is -0.343 e. The first-order chi connectivity index (χ1) is 15.3. The minimum absolute atomic E-state index is 0.00219. The molecule has 2 heterocycles.